The summed E-state index contributed by atoms with van der Waals surface area (Å²) in [6.45, 7) is 3.90. The topological polar surface area (TPSA) is 59.3 Å². The number of amides is 1. The van der Waals surface area contributed by atoms with E-state index in [1.807, 2.05) is 19.9 Å². The number of alkyl halides is 3. The average Bonchev–Trinajstić information content (AvgIpc) is 2.80. The van der Waals surface area contributed by atoms with Gasteiger partial charge in [0.1, 0.15) is 11.4 Å². The van der Waals surface area contributed by atoms with Crippen LogP contribution < -0.4 is 10.9 Å². The van der Waals surface area contributed by atoms with Gasteiger partial charge < -0.3 is 9.73 Å². The van der Waals surface area contributed by atoms with E-state index >= 15 is 0 Å². The molecule has 0 aliphatic heterocycles. The molecular weight excluding hydrogens is 462 g/mol. The molecule has 1 amide bonds. The van der Waals surface area contributed by atoms with Crippen LogP contribution >= 0.6 is 0 Å². The monoisotopic (exact) mass is 483 g/mol. The van der Waals surface area contributed by atoms with E-state index < -0.39 is 41.2 Å². The van der Waals surface area contributed by atoms with Crippen LogP contribution in [0.2, 0.25) is 0 Å². The third kappa shape index (κ3) is 4.96. The largest absolute Gasteiger partial charge is 0.422 e. The first-order valence-electron chi connectivity index (χ1n) is 10.9. The molecule has 0 unspecified atom stereocenters. The standard InChI is InChI=1S/C27H21F4NO3/c1-3-16-12-19-23(11-15(16)2)35-26(34)20(25(19)17-7-5-4-6-8-17)14-24(33)32-22-10-9-18(28)13-21(22)27(29,30)31/h4-13H,3,14H2,1-2H3,(H,32,33). The lowest BCUT2D eigenvalue weighted by molar-refractivity contribution is -0.137. The molecule has 4 aromatic rings. The number of nitrogens with one attached hydrogen (secondary N) is 1. The van der Waals surface area contributed by atoms with E-state index in [0.717, 1.165) is 29.7 Å². The normalized spacial score (nSPS) is 11.6. The predicted octanol–water partition coefficient (Wildman–Crippen LogP) is 6.67. The minimum atomic E-state index is -4.88. The molecular formula is C27H21F4NO3. The number of anilines is 1. The van der Waals surface area contributed by atoms with Gasteiger partial charge in [0.25, 0.3) is 0 Å². The van der Waals surface area contributed by atoms with Gasteiger partial charge in [0.2, 0.25) is 5.91 Å². The summed E-state index contributed by atoms with van der Waals surface area (Å²) in [5.74, 6) is -1.95. The van der Waals surface area contributed by atoms with Gasteiger partial charge in [0.05, 0.1) is 23.2 Å². The fourth-order valence-corrected chi connectivity index (χ4v) is 4.12. The number of rotatable bonds is 5. The van der Waals surface area contributed by atoms with Gasteiger partial charge in [-0.25, -0.2) is 9.18 Å². The first kappa shape index (κ1) is 24.2. The summed E-state index contributed by atoms with van der Waals surface area (Å²) in [5.41, 5.74) is 0.818. The number of fused-ring (bicyclic) bond motifs is 1. The van der Waals surface area contributed by atoms with E-state index in [2.05, 4.69) is 5.32 Å². The molecule has 180 valence electrons. The molecule has 1 N–H and O–H groups in total. The molecule has 4 rings (SSSR count). The molecule has 0 fully saturated rings. The van der Waals surface area contributed by atoms with Gasteiger partial charge in [0.15, 0.2) is 0 Å². The van der Waals surface area contributed by atoms with E-state index in [0.29, 0.717) is 28.2 Å². The summed E-state index contributed by atoms with van der Waals surface area (Å²) in [4.78, 5) is 25.8. The van der Waals surface area contributed by atoms with Crippen molar-refractivity contribution < 1.29 is 26.8 Å². The van der Waals surface area contributed by atoms with Crippen LogP contribution in [0, 0.1) is 12.7 Å². The van der Waals surface area contributed by atoms with Gasteiger partial charge in [-0.1, -0.05) is 37.3 Å². The summed E-state index contributed by atoms with van der Waals surface area (Å²) in [5, 5.41) is 2.80. The SMILES string of the molecule is CCc1cc2c(-c3ccccc3)c(CC(=O)Nc3ccc(F)cc3C(F)(F)F)c(=O)oc2cc1C. The van der Waals surface area contributed by atoms with Crippen molar-refractivity contribution in [1.82, 2.24) is 0 Å². The van der Waals surface area contributed by atoms with Crippen molar-refractivity contribution in [1.29, 1.82) is 0 Å². The lowest BCUT2D eigenvalue weighted by atomic mass is 9.92. The van der Waals surface area contributed by atoms with Gasteiger partial charge in [-0.05, 0) is 60.4 Å². The third-order valence-electron chi connectivity index (χ3n) is 5.80. The van der Waals surface area contributed by atoms with Crippen LogP contribution in [-0.2, 0) is 23.8 Å². The molecule has 0 atom stereocenters. The molecule has 0 saturated carbocycles. The zero-order valence-electron chi connectivity index (χ0n) is 18.9. The van der Waals surface area contributed by atoms with Gasteiger partial charge in [0, 0.05) is 10.9 Å². The highest BCUT2D eigenvalue weighted by Gasteiger charge is 2.34. The second-order valence-electron chi connectivity index (χ2n) is 8.15. The number of carbonyl (C=O) groups is 1. The molecule has 0 saturated heterocycles. The fourth-order valence-electron chi connectivity index (χ4n) is 4.12. The minimum Gasteiger partial charge on any atom is -0.422 e. The maximum Gasteiger partial charge on any atom is 0.418 e. The molecule has 0 bridgehead atoms. The first-order valence-corrected chi connectivity index (χ1v) is 10.9. The Balaban J connectivity index is 1.83. The average molecular weight is 483 g/mol. The Kier molecular flexibility index (Phi) is 6.47. The Morgan fingerprint density at radius 2 is 1.74 bits per heavy atom. The molecule has 0 radical (unpaired) electrons. The molecule has 0 aliphatic carbocycles. The Morgan fingerprint density at radius 1 is 1.03 bits per heavy atom. The van der Waals surface area contributed by atoms with Gasteiger partial charge in [-0.15, -0.1) is 0 Å². The summed E-state index contributed by atoms with van der Waals surface area (Å²) >= 11 is 0. The Morgan fingerprint density at radius 3 is 2.40 bits per heavy atom. The second-order valence-corrected chi connectivity index (χ2v) is 8.15. The van der Waals surface area contributed by atoms with Crippen LogP contribution in [0.25, 0.3) is 22.1 Å². The quantitative estimate of drug-likeness (QED) is 0.255. The predicted molar refractivity (Wildman–Crippen MR) is 126 cm³/mol. The summed E-state index contributed by atoms with van der Waals surface area (Å²) in [7, 11) is 0. The maximum atomic E-state index is 13.4. The summed E-state index contributed by atoms with van der Waals surface area (Å²) < 4.78 is 59.0. The molecule has 1 aromatic heterocycles. The van der Waals surface area contributed by atoms with Crippen LogP contribution in [0.15, 0.2) is 69.9 Å². The number of carbonyl (C=O) groups excluding carboxylic acids is 1. The zero-order valence-corrected chi connectivity index (χ0v) is 18.9. The van der Waals surface area contributed by atoms with Crippen molar-refractivity contribution in [2.75, 3.05) is 5.32 Å². The Bertz CT molecular complexity index is 1470. The molecule has 35 heavy (non-hydrogen) atoms. The fraction of sp³-hybridized carbons (Fsp3) is 0.185. The molecule has 4 nitrogen and oxygen atoms in total. The maximum absolute atomic E-state index is 13.4. The number of hydrogen-bond acceptors (Lipinski definition) is 3. The summed E-state index contributed by atoms with van der Waals surface area (Å²) in [6.07, 6.45) is -4.68. The van der Waals surface area contributed by atoms with E-state index in [1.54, 1.807) is 36.4 Å². The highest BCUT2D eigenvalue weighted by Crippen LogP contribution is 2.36. The van der Waals surface area contributed by atoms with E-state index in [4.69, 9.17) is 4.42 Å². The van der Waals surface area contributed by atoms with E-state index in [-0.39, 0.29) is 5.56 Å². The van der Waals surface area contributed by atoms with Crippen molar-refractivity contribution in [2.24, 2.45) is 0 Å². The van der Waals surface area contributed by atoms with Crippen molar-refractivity contribution in [2.45, 2.75) is 32.9 Å². The Hall–Kier alpha value is -3.94. The van der Waals surface area contributed by atoms with Crippen molar-refractivity contribution >= 4 is 22.6 Å². The summed E-state index contributed by atoms with van der Waals surface area (Å²) in [6, 6.07) is 14.6. The lowest BCUT2D eigenvalue weighted by Crippen LogP contribution is -2.22. The van der Waals surface area contributed by atoms with Crippen LogP contribution in [0.4, 0.5) is 23.2 Å². The number of halogens is 4. The number of benzene rings is 3. The van der Waals surface area contributed by atoms with E-state index in [9.17, 15) is 27.2 Å². The Labute approximate surface area is 198 Å². The third-order valence-corrected chi connectivity index (χ3v) is 5.80. The molecule has 8 heteroatoms. The molecule has 0 aliphatic rings. The van der Waals surface area contributed by atoms with Crippen molar-refractivity contribution in [3.05, 3.63) is 99.2 Å². The highest BCUT2D eigenvalue weighted by atomic mass is 19.4. The molecule has 3 aromatic carbocycles. The lowest BCUT2D eigenvalue weighted by Gasteiger charge is -2.16. The second kappa shape index (κ2) is 9.37. The van der Waals surface area contributed by atoms with Crippen molar-refractivity contribution in [3.63, 3.8) is 0 Å². The number of hydrogen-bond donors (Lipinski definition) is 1. The van der Waals surface area contributed by atoms with Gasteiger partial charge in [-0.2, -0.15) is 13.2 Å². The van der Waals surface area contributed by atoms with E-state index in [1.165, 1.54) is 0 Å². The van der Waals surface area contributed by atoms with Gasteiger partial charge >= 0.3 is 11.8 Å². The zero-order chi connectivity index (χ0) is 25.3. The number of aryl methyl sites for hydroxylation is 2. The smallest absolute Gasteiger partial charge is 0.418 e. The molecule has 0 spiro atoms. The van der Waals surface area contributed by atoms with Gasteiger partial charge in [-0.3, -0.25) is 4.79 Å². The van der Waals surface area contributed by atoms with Crippen LogP contribution in [0.5, 0.6) is 0 Å². The van der Waals surface area contributed by atoms with Crippen LogP contribution in [0.1, 0.15) is 29.2 Å². The highest BCUT2D eigenvalue weighted by molar-refractivity contribution is 5.99. The molecule has 1 heterocycles. The van der Waals surface area contributed by atoms with Crippen LogP contribution in [0.3, 0.4) is 0 Å². The van der Waals surface area contributed by atoms with Crippen LogP contribution in [-0.4, -0.2) is 5.91 Å². The van der Waals surface area contributed by atoms with Crippen molar-refractivity contribution in [3.8, 4) is 11.1 Å². The minimum absolute atomic E-state index is 0.0165. The first-order chi connectivity index (χ1) is 16.6.